The summed E-state index contributed by atoms with van der Waals surface area (Å²) in [6.45, 7) is 6.14. The first-order valence-corrected chi connectivity index (χ1v) is 10.2. The number of amides is 1. The van der Waals surface area contributed by atoms with Gasteiger partial charge in [0.1, 0.15) is 0 Å². The number of sulfonamides is 1. The summed E-state index contributed by atoms with van der Waals surface area (Å²) in [6.07, 6.45) is 3.90. The van der Waals surface area contributed by atoms with Gasteiger partial charge in [0.25, 0.3) is 5.91 Å². The van der Waals surface area contributed by atoms with Crippen LogP contribution in [0.3, 0.4) is 0 Å². The molecule has 0 aliphatic carbocycles. The van der Waals surface area contributed by atoms with Crippen LogP contribution in [-0.4, -0.2) is 50.2 Å². The number of nitrogens with zero attached hydrogens (tertiary/aromatic N) is 2. The first-order chi connectivity index (χ1) is 11.4. The van der Waals surface area contributed by atoms with E-state index in [2.05, 4.69) is 6.92 Å². The number of carbonyl (C=O) groups is 1. The fourth-order valence-electron chi connectivity index (χ4n) is 3.03. The van der Waals surface area contributed by atoms with Crippen LogP contribution in [0.5, 0.6) is 0 Å². The molecule has 1 aromatic carbocycles. The summed E-state index contributed by atoms with van der Waals surface area (Å²) in [5.74, 6) is 0.421. The standard InChI is InChI=1S/C18H28N2O3S/c1-4-5-11-19(3)24(22,23)17-10-6-9-16(13-17)18(21)20-12-7-8-15(2)14-20/h6,9-10,13,15H,4-5,7-8,11-12,14H2,1-3H3. The maximum atomic E-state index is 12.7. The van der Waals surface area contributed by atoms with E-state index in [1.807, 2.05) is 11.8 Å². The Hall–Kier alpha value is -1.40. The van der Waals surface area contributed by atoms with Crippen molar-refractivity contribution in [2.75, 3.05) is 26.7 Å². The molecule has 1 heterocycles. The van der Waals surface area contributed by atoms with Gasteiger partial charge >= 0.3 is 0 Å². The van der Waals surface area contributed by atoms with Crippen molar-refractivity contribution in [3.63, 3.8) is 0 Å². The number of unbranched alkanes of at least 4 members (excludes halogenated alkanes) is 1. The molecule has 1 aliphatic rings. The maximum Gasteiger partial charge on any atom is 0.253 e. The van der Waals surface area contributed by atoms with Crippen LogP contribution >= 0.6 is 0 Å². The summed E-state index contributed by atoms with van der Waals surface area (Å²) >= 11 is 0. The number of carbonyl (C=O) groups excluding carboxylic acids is 1. The van der Waals surface area contributed by atoms with Crippen LogP contribution in [0.25, 0.3) is 0 Å². The van der Waals surface area contributed by atoms with E-state index < -0.39 is 10.0 Å². The molecular weight excluding hydrogens is 324 g/mol. The largest absolute Gasteiger partial charge is 0.338 e. The van der Waals surface area contributed by atoms with Crippen molar-refractivity contribution in [1.82, 2.24) is 9.21 Å². The maximum absolute atomic E-state index is 12.7. The third kappa shape index (κ3) is 4.36. The molecule has 5 nitrogen and oxygen atoms in total. The van der Waals surface area contributed by atoms with Crippen molar-refractivity contribution in [3.8, 4) is 0 Å². The average molecular weight is 353 g/mol. The lowest BCUT2D eigenvalue weighted by Gasteiger charge is -2.31. The van der Waals surface area contributed by atoms with Crippen molar-refractivity contribution in [2.45, 2.75) is 44.4 Å². The molecule has 1 amide bonds. The van der Waals surface area contributed by atoms with Crippen molar-refractivity contribution >= 4 is 15.9 Å². The topological polar surface area (TPSA) is 57.7 Å². The van der Waals surface area contributed by atoms with Gasteiger partial charge < -0.3 is 4.90 Å². The Balaban J connectivity index is 2.20. The van der Waals surface area contributed by atoms with Gasteiger partial charge in [0.05, 0.1) is 4.90 Å². The van der Waals surface area contributed by atoms with Crippen LogP contribution in [0.2, 0.25) is 0 Å². The van der Waals surface area contributed by atoms with Crippen LogP contribution in [0.1, 0.15) is 49.9 Å². The van der Waals surface area contributed by atoms with Gasteiger partial charge in [-0.3, -0.25) is 4.79 Å². The molecule has 1 aromatic rings. The van der Waals surface area contributed by atoms with Crippen LogP contribution in [0.4, 0.5) is 0 Å². The van der Waals surface area contributed by atoms with Gasteiger partial charge in [-0.2, -0.15) is 0 Å². The predicted molar refractivity (Wildman–Crippen MR) is 95.5 cm³/mol. The lowest BCUT2D eigenvalue weighted by Crippen LogP contribution is -2.39. The van der Waals surface area contributed by atoms with Crippen molar-refractivity contribution < 1.29 is 13.2 Å². The highest BCUT2D eigenvalue weighted by Crippen LogP contribution is 2.21. The Labute approximate surface area is 145 Å². The minimum atomic E-state index is -3.55. The first kappa shape index (κ1) is 18.9. The minimum Gasteiger partial charge on any atom is -0.338 e. The average Bonchev–Trinajstić information content (AvgIpc) is 2.59. The minimum absolute atomic E-state index is 0.0742. The molecule has 6 heteroatoms. The van der Waals surface area contributed by atoms with E-state index in [4.69, 9.17) is 0 Å². The molecule has 0 spiro atoms. The fraction of sp³-hybridized carbons (Fsp3) is 0.611. The first-order valence-electron chi connectivity index (χ1n) is 8.72. The lowest BCUT2D eigenvalue weighted by molar-refractivity contribution is 0.0683. The third-order valence-electron chi connectivity index (χ3n) is 4.56. The highest BCUT2D eigenvalue weighted by atomic mass is 32.2. The zero-order valence-corrected chi connectivity index (χ0v) is 15.7. The van der Waals surface area contributed by atoms with E-state index in [0.29, 0.717) is 18.0 Å². The number of benzene rings is 1. The predicted octanol–water partition coefficient (Wildman–Crippen LogP) is 2.98. The Morgan fingerprint density at radius 2 is 2.12 bits per heavy atom. The molecule has 0 bridgehead atoms. The van der Waals surface area contributed by atoms with Crippen LogP contribution in [0.15, 0.2) is 29.2 Å². The second-order valence-corrected chi connectivity index (χ2v) is 8.75. The molecule has 0 N–H and O–H groups in total. The Bertz CT molecular complexity index is 673. The summed E-state index contributed by atoms with van der Waals surface area (Å²) in [4.78, 5) is 14.7. The molecule has 0 radical (unpaired) electrons. The van der Waals surface area contributed by atoms with Gasteiger partial charge in [-0.25, -0.2) is 12.7 Å². The van der Waals surface area contributed by atoms with Crippen molar-refractivity contribution in [1.29, 1.82) is 0 Å². The van der Waals surface area contributed by atoms with Gasteiger partial charge in [0.15, 0.2) is 0 Å². The van der Waals surface area contributed by atoms with Gasteiger partial charge in [-0.1, -0.05) is 26.3 Å². The summed E-state index contributed by atoms with van der Waals surface area (Å²) in [7, 11) is -1.96. The van der Waals surface area contributed by atoms with Crippen LogP contribution in [-0.2, 0) is 10.0 Å². The highest BCUT2D eigenvalue weighted by Gasteiger charge is 2.25. The molecule has 1 aliphatic heterocycles. The normalized spacial score (nSPS) is 18.8. The second kappa shape index (κ2) is 8.12. The molecule has 2 rings (SSSR count). The Morgan fingerprint density at radius 3 is 2.79 bits per heavy atom. The number of hydrogen-bond acceptors (Lipinski definition) is 3. The second-order valence-electron chi connectivity index (χ2n) is 6.71. The summed E-state index contributed by atoms with van der Waals surface area (Å²) < 4.78 is 26.6. The lowest BCUT2D eigenvalue weighted by atomic mass is 9.99. The molecule has 134 valence electrons. The summed E-state index contributed by atoms with van der Waals surface area (Å²) in [6, 6.07) is 6.43. The van der Waals surface area contributed by atoms with Crippen molar-refractivity contribution in [3.05, 3.63) is 29.8 Å². The van der Waals surface area contributed by atoms with E-state index in [-0.39, 0.29) is 10.8 Å². The zero-order chi connectivity index (χ0) is 17.7. The van der Waals surface area contributed by atoms with E-state index in [1.165, 1.54) is 10.4 Å². The van der Waals surface area contributed by atoms with E-state index in [1.54, 1.807) is 25.2 Å². The van der Waals surface area contributed by atoms with E-state index in [0.717, 1.165) is 38.8 Å². The summed E-state index contributed by atoms with van der Waals surface area (Å²) in [5.41, 5.74) is 0.453. The van der Waals surface area contributed by atoms with E-state index in [9.17, 15) is 13.2 Å². The van der Waals surface area contributed by atoms with Crippen LogP contribution in [0, 0.1) is 5.92 Å². The number of hydrogen-bond donors (Lipinski definition) is 0. The monoisotopic (exact) mass is 352 g/mol. The smallest absolute Gasteiger partial charge is 0.253 e. The summed E-state index contributed by atoms with van der Waals surface area (Å²) in [5, 5.41) is 0. The number of likely N-dealkylation sites (tertiary alicyclic amines) is 1. The SMILES string of the molecule is CCCCN(C)S(=O)(=O)c1cccc(C(=O)N2CCCC(C)C2)c1. The highest BCUT2D eigenvalue weighted by molar-refractivity contribution is 7.89. The quantitative estimate of drug-likeness (QED) is 0.791. The molecule has 1 unspecified atom stereocenters. The van der Waals surface area contributed by atoms with Crippen LogP contribution < -0.4 is 0 Å². The van der Waals surface area contributed by atoms with Gasteiger partial charge in [0.2, 0.25) is 10.0 Å². The molecule has 0 saturated carbocycles. The molecular formula is C18H28N2O3S. The molecule has 1 atom stereocenters. The molecule has 1 fully saturated rings. The van der Waals surface area contributed by atoms with E-state index >= 15 is 0 Å². The fourth-order valence-corrected chi connectivity index (χ4v) is 4.28. The van der Waals surface area contributed by atoms with Gasteiger partial charge in [-0.05, 0) is 43.4 Å². The van der Waals surface area contributed by atoms with Gasteiger partial charge in [-0.15, -0.1) is 0 Å². The molecule has 1 saturated heterocycles. The Kier molecular flexibility index (Phi) is 6.40. The number of rotatable bonds is 6. The molecule has 24 heavy (non-hydrogen) atoms. The van der Waals surface area contributed by atoms with Crippen molar-refractivity contribution in [2.24, 2.45) is 5.92 Å². The third-order valence-corrected chi connectivity index (χ3v) is 6.41. The number of piperidine rings is 1. The van der Waals surface area contributed by atoms with Gasteiger partial charge in [0, 0.05) is 32.2 Å². The zero-order valence-electron chi connectivity index (χ0n) is 14.9. The molecule has 0 aromatic heterocycles. The Morgan fingerprint density at radius 1 is 1.38 bits per heavy atom.